The van der Waals surface area contributed by atoms with Gasteiger partial charge in [0.05, 0.1) is 66.5 Å². The molecule has 4 heterocycles. The van der Waals surface area contributed by atoms with E-state index in [1.165, 1.54) is 6.92 Å². The highest BCUT2D eigenvalue weighted by atomic mass is 16.8. The summed E-state index contributed by atoms with van der Waals surface area (Å²) in [6.07, 6.45) is -3.49. The number of ether oxygens (including phenoxy) is 12. The molecule has 7 fully saturated rings. The van der Waals surface area contributed by atoms with E-state index >= 15 is 0 Å². The molecule has 8 rings (SSSR count). The molecule has 4 aliphatic carbocycles. The second kappa shape index (κ2) is 19.6. The van der Waals surface area contributed by atoms with Gasteiger partial charge < -0.3 is 82.4 Å². The second-order valence-corrected chi connectivity index (χ2v) is 21.5. The minimum atomic E-state index is -1.94. The lowest BCUT2D eigenvalue weighted by Gasteiger charge is -2.66. The Kier molecular flexibility index (Phi) is 15.3. The van der Waals surface area contributed by atoms with Crippen molar-refractivity contribution in [3.8, 4) is 0 Å². The number of fused-ring (bicyclic) bond motifs is 5. The summed E-state index contributed by atoms with van der Waals surface area (Å²) in [6.45, 7) is 12.5. The molecule has 67 heavy (non-hydrogen) atoms. The fourth-order valence-corrected chi connectivity index (χ4v) is 13.9. The predicted molar refractivity (Wildman–Crippen MR) is 236 cm³/mol. The van der Waals surface area contributed by atoms with Crippen LogP contribution in [0, 0.1) is 16.7 Å². The van der Waals surface area contributed by atoms with Gasteiger partial charge in [0.25, 0.3) is 0 Å². The van der Waals surface area contributed by atoms with E-state index in [-0.39, 0.29) is 50.1 Å². The maximum absolute atomic E-state index is 12.8. The molecular weight excluding hydrogens is 877 g/mol. The first kappa shape index (κ1) is 52.1. The molecule has 0 radical (unpaired) electrons. The average molecular weight is 957 g/mol. The van der Waals surface area contributed by atoms with E-state index in [1.807, 2.05) is 26.8 Å². The lowest BCUT2D eigenvalue weighted by molar-refractivity contribution is -0.347. The van der Waals surface area contributed by atoms with Crippen LogP contribution in [0.3, 0.4) is 0 Å². The van der Waals surface area contributed by atoms with Gasteiger partial charge in [-0.1, -0.05) is 25.5 Å². The molecule has 0 unspecified atom stereocenters. The number of methoxy groups -OCH3 is 4. The third kappa shape index (κ3) is 8.74. The van der Waals surface area contributed by atoms with Gasteiger partial charge in [0.15, 0.2) is 30.9 Å². The Labute approximate surface area is 395 Å². The molecule has 5 N–H and O–H groups in total. The van der Waals surface area contributed by atoms with Gasteiger partial charge >= 0.3 is 0 Å². The van der Waals surface area contributed by atoms with E-state index < -0.39 is 126 Å². The number of rotatable bonds is 13. The van der Waals surface area contributed by atoms with Crippen LogP contribution in [0.15, 0.2) is 11.6 Å². The van der Waals surface area contributed by atoms with Gasteiger partial charge in [-0.2, -0.15) is 0 Å². The molecule has 384 valence electrons. The van der Waals surface area contributed by atoms with Gasteiger partial charge in [-0.3, -0.25) is 4.79 Å². The van der Waals surface area contributed by atoms with Gasteiger partial charge in [0, 0.05) is 60.0 Å². The normalized spacial score (nSPS) is 53.6. The number of aliphatic hydroxyl groups is 5. The van der Waals surface area contributed by atoms with Crippen molar-refractivity contribution in [3.05, 3.63) is 11.6 Å². The fourth-order valence-electron chi connectivity index (χ4n) is 13.9. The highest BCUT2D eigenvalue weighted by Gasteiger charge is 2.80. The quantitative estimate of drug-likeness (QED) is 0.167. The average Bonchev–Trinajstić information content (AvgIpc) is 3.52. The van der Waals surface area contributed by atoms with Crippen molar-refractivity contribution in [2.75, 3.05) is 28.4 Å². The maximum Gasteiger partial charge on any atom is 0.162 e. The molecule has 0 aromatic heterocycles. The molecule has 0 aromatic carbocycles. The molecule has 3 saturated carbocycles. The van der Waals surface area contributed by atoms with Crippen molar-refractivity contribution in [3.63, 3.8) is 0 Å². The molecular formula is C49H80O18. The Bertz CT molecular complexity index is 1770. The van der Waals surface area contributed by atoms with Gasteiger partial charge in [-0.25, -0.2) is 0 Å². The molecule has 18 nitrogen and oxygen atoms in total. The summed E-state index contributed by atoms with van der Waals surface area (Å²) >= 11 is 0. The number of hydrogen-bond donors (Lipinski definition) is 5. The summed E-state index contributed by atoms with van der Waals surface area (Å²) in [6, 6.07) is 0. The van der Waals surface area contributed by atoms with Crippen LogP contribution in [0.2, 0.25) is 0 Å². The molecule has 24 atom stereocenters. The van der Waals surface area contributed by atoms with E-state index in [0.29, 0.717) is 44.9 Å². The SMILES string of the molecule is CO[C@H]1C[C@H](O[C@H]2[C@@H](OC)C[C@H](O[C@H]3CC[C@@]4(C)C(=CC[C@]5(O)[C@@H]4C[C@@H](O)[C@@]4(C)[C@]5(O)CC[C@@]4(O)C(C)=O)C3)O[C@@H]2C)O[C@@H](C)[C@H]1O[C@H]1C[C@H](OC)[C@H](O[C@H]2C[C@@H](OC)[C@@H](O)[C@H](C)O2)[C@@H](C)O1. The Morgan fingerprint density at radius 3 is 1.54 bits per heavy atom. The second-order valence-electron chi connectivity index (χ2n) is 21.5. The zero-order valence-electron chi connectivity index (χ0n) is 41.4. The molecule has 0 spiro atoms. The van der Waals surface area contributed by atoms with Crippen LogP contribution in [0.1, 0.15) is 119 Å². The van der Waals surface area contributed by atoms with Crippen molar-refractivity contribution in [1.82, 2.24) is 0 Å². The molecule has 0 bridgehead atoms. The first-order valence-electron chi connectivity index (χ1n) is 24.7. The third-order valence-electron chi connectivity index (χ3n) is 18.2. The maximum atomic E-state index is 12.8. The van der Waals surface area contributed by atoms with E-state index in [9.17, 15) is 30.3 Å². The minimum Gasteiger partial charge on any atom is -0.392 e. The summed E-state index contributed by atoms with van der Waals surface area (Å²) < 4.78 is 75.0. The van der Waals surface area contributed by atoms with E-state index in [4.69, 9.17) is 56.8 Å². The highest BCUT2D eigenvalue weighted by molar-refractivity contribution is 5.87. The monoisotopic (exact) mass is 957 g/mol. The fraction of sp³-hybridized carbons (Fsp3) is 0.939. The van der Waals surface area contributed by atoms with Crippen LogP contribution in [0.4, 0.5) is 0 Å². The zero-order chi connectivity index (χ0) is 48.6. The number of hydrogen-bond acceptors (Lipinski definition) is 18. The number of aliphatic hydroxyl groups excluding tert-OH is 2. The van der Waals surface area contributed by atoms with Crippen molar-refractivity contribution < 1.29 is 87.2 Å². The first-order valence-corrected chi connectivity index (χ1v) is 24.7. The van der Waals surface area contributed by atoms with Crippen LogP contribution in [-0.4, -0.2) is 187 Å². The summed E-state index contributed by atoms with van der Waals surface area (Å²) in [7, 11) is 6.49. The van der Waals surface area contributed by atoms with Gasteiger partial charge in [-0.15, -0.1) is 0 Å². The van der Waals surface area contributed by atoms with Crippen LogP contribution in [-0.2, 0) is 61.6 Å². The first-order chi connectivity index (χ1) is 31.6. The minimum absolute atomic E-state index is 0.00940. The highest BCUT2D eigenvalue weighted by Crippen LogP contribution is 2.70. The molecule has 18 heteroatoms. The number of carbonyl (C=O) groups is 1. The lowest BCUT2D eigenvalue weighted by atomic mass is 9.42. The smallest absolute Gasteiger partial charge is 0.162 e. The van der Waals surface area contributed by atoms with Crippen molar-refractivity contribution in [1.29, 1.82) is 0 Å². The predicted octanol–water partition coefficient (Wildman–Crippen LogP) is 2.97. The summed E-state index contributed by atoms with van der Waals surface area (Å²) in [4.78, 5) is 12.8. The Balaban J connectivity index is 0.847. The van der Waals surface area contributed by atoms with Crippen LogP contribution >= 0.6 is 0 Å². The van der Waals surface area contributed by atoms with Crippen LogP contribution < -0.4 is 0 Å². The molecule has 0 aromatic rings. The number of ketones is 1. The van der Waals surface area contributed by atoms with Crippen molar-refractivity contribution in [2.45, 2.75) is 247 Å². The van der Waals surface area contributed by atoms with Gasteiger partial charge in [0.1, 0.15) is 41.2 Å². The number of Topliss-reactive ketones (excluding diaryl/α,β-unsaturated/α-hetero) is 1. The van der Waals surface area contributed by atoms with Crippen molar-refractivity contribution >= 4 is 5.78 Å². The molecule has 0 amide bonds. The van der Waals surface area contributed by atoms with Gasteiger partial charge in [0.2, 0.25) is 0 Å². The number of carbonyl (C=O) groups excluding carboxylic acids is 1. The molecule has 8 aliphatic rings. The largest absolute Gasteiger partial charge is 0.392 e. The summed E-state index contributed by atoms with van der Waals surface area (Å²) in [5.74, 6) is -1.01. The van der Waals surface area contributed by atoms with E-state index in [2.05, 4.69) is 6.92 Å². The Morgan fingerprint density at radius 1 is 0.627 bits per heavy atom. The summed E-state index contributed by atoms with van der Waals surface area (Å²) in [5, 5.41) is 58.7. The third-order valence-corrected chi connectivity index (χ3v) is 18.2. The topological polar surface area (TPSA) is 229 Å². The molecule has 4 saturated heterocycles. The van der Waals surface area contributed by atoms with Crippen LogP contribution in [0.5, 0.6) is 0 Å². The van der Waals surface area contributed by atoms with E-state index in [0.717, 1.165) is 5.57 Å². The van der Waals surface area contributed by atoms with E-state index in [1.54, 1.807) is 42.3 Å². The summed E-state index contributed by atoms with van der Waals surface area (Å²) in [5.41, 5.74) is -6.52. The van der Waals surface area contributed by atoms with Crippen molar-refractivity contribution in [2.24, 2.45) is 16.7 Å². The Morgan fingerprint density at radius 2 is 1.07 bits per heavy atom. The zero-order valence-corrected chi connectivity index (χ0v) is 41.4. The van der Waals surface area contributed by atoms with Crippen LogP contribution in [0.25, 0.3) is 0 Å². The standard InChI is InChI=1S/C49H80O18/c1-24-41(52)31(56-8)19-38(60-24)65-43-26(3)62-40(21-33(43)58-10)67-44-27(4)63-39(22-34(44)59-11)66-42-25(2)61-37(20-32(42)57-9)64-30-13-14-45(6)29(18-30)12-15-48(54)35(45)23-36(51)46(7)47(53,28(5)50)16-17-49(46,48)55/h12,24-27,30-44,51-55H,13-23H2,1-11H3/t24-,25+,26+,27-,30-,31+,32-,33-,34-,35+,36+,37-,38-,39-,40-,41-,42+,43+,44+,45-,46+,47+,48-,49+/m0/s1. The Hall–Kier alpha value is -1.27. The van der Waals surface area contributed by atoms with Gasteiger partial charge in [-0.05, 0) is 85.0 Å². The molecule has 4 aliphatic heterocycles. The lowest BCUT2D eigenvalue weighted by Crippen LogP contribution is -2.78.